The number of benzene rings is 2. The first kappa shape index (κ1) is 15.9. The fourth-order valence-corrected chi connectivity index (χ4v) is 2.83. The molecule has 1 N–H and O–H groups in total. The van der Waals surface area contributed by atoms with Gasteiger partial charge in [0.2, 0.25) is 0 Å². The number of aryl methyl sites for hydroxylation is 3. The first-order valence-electron chi connectivity index (χ1n) is 8.01. The molecule has 0 atom stereocenters. The van der Waals surface area contributed by atoms with Gasteiger partial charge in [0.05, 0.1) is 5.56 Å². The smallest absolute Gasteiger partial charge is 0.259 e. The molecule has 120 valence electrons. The van der Waals surface area contributed by atoms with E-state index in [0.717, 1.165) is 24.1 Å². The number of aromatic amines is 1. The maximum atomic E-state index is 12.6. The first-order valence-corrected chi connectivity index (χ1v) is 8.01. The average Bonchev–Trinajstić information content (AvgIpc) is 2.61. The molecule has 0 saturated carbocycles. The Balaban J connectivity index is 1.84. The van der Waals surface area contributed by atoms with Crippen LogP contribution in [0.2, 0.25) is 0 Å². The maximum absolute atomic E-state index is 12.6. The molecule has 0 aliphatic heterocycles. The lowest BCUT2D eigenvalue weighted by Crippen LogP contribution is -2.22. The standard InChI is InChI=1S/C21H19NO2/c1-15-14-18(13-12-16-8-4-2-5-9-16)22-21(24)19(15)20(23)17-10-6-3-7-11-17/h2-11,14H,12-13H2,1H3,(H,22,24). The van der Waals surface area contributed by atoms with Gasteiger partial charge in [0.1, 0.15) is 0 Å². The summed E-state index contributed by atoms with van der Waals surface area (Å²) in [6.07, 6.45) is 1.59. The van der Waals surface area contributed by atoms with Crippen molar-refractivity contribution < 1.29 is 4.79 Å². The van der Waals surface area contributed by atoms with Gasteiger partial charge in [0.15, 0.2) is 5.78 Å². The van der Waals surface area contributed by atoms with Crippen LogP contribution in [-0.4, -0.2) is 10.8 Å². The van der Waals surface area contributed by atoms with E-state index in [-0.39, 0.29) is 16.9 Å². The minimum atomic E-state index is -0.313. The van der Waals surface area contributed by atoms with E-state index in [1.54, 1.807) is 24.3 Å². The molecule has 3 aromatic rings. The van der Waals surface area contributed by atoms with Gasteiger partial charge in [-0.05, 0) is 37.0 Å². The third kappa shape index (κ3) is 3.51. The summed E-state index contributed by atoms with van der Waals surface area (Å²) in [6, 6.07) is 20.9. The molecule has 0 spiro atoms. The van der Waals surface area contributed by atoms with Gasteiger partial charge in [-0.1, -0.05) is 60.7 Å². The number of pyridine rings is 1. The molecule has 0 aliphatic carbocycles. The fraction of sp³-hybridized carbons (Fsp3) is 0.143. The summed E-state index contributed by atoms with van der Waals surface area (Å²) in [4.78, 5) is 27.8. The monoisotopic (exact) mass is 317 g/mol. The number of H-pyrrole nitrogens is 1. The first-order chi connectivity index (χ1) is 11.6. The van der Waals surface area contributed by atoms with Crippen molar-refractivity contribution in [1.82, 2.24) is 4.98 Å². The Bertz CT molecular complexity index is 896. The molecule has 0 saturated heterocycles. The number of hydrogen-bond donors (Lipinski definition) is 1. The van der Waals surface area contributed by atoms with Crippen molar-refractivity contribution in [2.24, 2.45) is 0 Å². The molecule has 24 heavy (non-hydrogen) atoms. The normalized spacial score (nSPS) is 10.5. The van der Waals surface area contributed by atoms with Crippen LogP contribution < -0.4 is 5.56 Å². The van der Waals surface area contributed by atoms with Gasteiger partial charge in [-0.15, -0.1) is 0 Å². The van der Waals surface area contributed by atoms with Crippen LogP contribution >= 0.6 is 0 Å². The molecule has 0 radical (unpaired) electrons. The lowest BCUT2D eigenvalue weighted by atomic mass is 9.99. The van der Waals surface area contributed by atoms with Crippen LogP contribution in [0.1, 0.15) is 32.7 Å². The van der Waals surface area contributed by atoms with Crippen molar-refractivity contribution in [3.63, 3.8) is 0 Å². The van der Waals surface area contributed by atoms with E-state index in [9.17, 15) is 9.59 Å². The van der Waals surface area contributed by atoms with Gasteiger partial charge >= 0.3 is 0 Å². The highest BCUT2D eigenvalue weighted by Crippen LogP contribution is 2.12. The molecule has 1 aromatic heterocycles. The van der Waals surface area contributed by atoms with E-state index in [1.807, 2.05) is 37.3 Å². The molecule has 3 nitrogen and oxygen atoms in total. The Kier molecular flexibility index (Phi) is 4.71. The van der Waals surface area contributed by atoms with Crippen LogP contribution in [0, 0.1) is 6.92 Å². The van der Waals surface area contributed by atoms with Crippen molar-refractivity contribution in [1.29, 1.82) is 0 Å². The van der Waals surface area contributed by atoms with Crippen molar-refractivity contribution in [2.45, 2.75) is 19.8 Å². The third-order valence-electron chi connectivity index (χ3n) is 4.08. The number of carbonyl (C=O) groups is 1. The Hall–Kier alpha value is -2.94. The van der Waals surface area contributed by atoms with Crippen molar-refractivity contribution in [3.8, 4) is 0 Å². The van der Waals surface area contributed by atoms with E-state index in [0.29, 0.717) is 5.56 Å². The van der Waals surface area contributed by atoms with Gasteiger partial charge in [0.25, 0.3) is 5.56 Å². The lowest BCUT2D eigenvalue weighted by Gasteiger charge is -2.08. The Morgan fingerprint density at radius 3 is 2.17 bits per heavy atom. The molecular weight excluding hydrogens is 298 g/mol. The summed E-state index contributed by atoms with van der Waals surface area (Å²) in [5.74, 6) is -0.232. The zero-order chi connectivity index (χ0) is 16.9. The highest BCUT2D eigenvalue weighted by Gasteiger charge is 2.16. The maximum Gasteiger partial charge on any atom is 0.259 e. The summed E-state index contributed by atoms with van der Waals surface area (Å²) in [6.45, 7) is 1.82. The van der Waals surface area contributed by atoms with Crippen LogP contribution in [0.3, 0.4) is 0 Å². The second kappa shape index (κ2) is 7.09. The summed E-state index contributed by atoms with van der Waals surface area (Å²) in [5, 5.41) is 0. The van der Waals surface area contributed by atoms with Gasteiger partial charge in [-0.2, -0.15) is 0 Å². The highest BCUT2D eigenvalue weighted by atomic mass is 16.1. The van der Waals surface area contributed by atoms with E-state index < -0.39 is 0 Å². The molecule has 1 heterocycles. The number of ketones is 1. The molecular formula is C21H19NO2. The zero-order valence-corrected chi connectivity index (χ0v) is 13.6. The Labute approximate surface area is 141 Å². The van der Waals surface area contributed by atoms with Crippen LogP contribution in [0.25, 0.3) is 0 Å². The lowest BCUT2D eigenvalue weighted by molar-refractivity contribution is 0.103. The van der Waals surface area contributed by atoms with Gasteiger partial charge in [0, 0.05) is 11.3 Å². The number of hydrogen-bond acceptors (Lipinski definition) is 2. The van der Waals surface area contributed by atoms with Crippen LogP contribution in [0.4, 0.5) is 0 Å². The molecule has 0 amide bonds. The molecule has 3 rings (SSSR count). The quantitative estimate of drug-likeness (QED) is 0.730. The predicted molar refractivity (Wildman–Crippen MR) is 95.5 cm³/mol. The summed E-state index contributed by atoms with van der Waals surface area (Å²) >= 11 is 0. The predicted octanol–water partition coefficient (Wildman–Crippen LogP) is 3.70. The minimum absolute atomic E-state index is 0.227. The van der Waals surface area contributed by atoms with Crippen LogP contribution in [0.15, 0.2) is 71.5 Å². The van der Waals surface area contributed by atoms with Crippen molar-refractivity contribution in [3.05, 3.63) is 105 Å². The zero-order valence-electron chi connectivity index (χ0n) is 13.6. The number of rotatable bonds is 5. The summed E-state index contributed by atoms with van der Waals surface area (Å²) in [5.41, 5.74) is 3.24. The van der Waals surface area contributed by atoms with Gasteiger partial charge in [-0.25, -0.2) is 0 Å². The average molecular weight is 317 g/mol. The number of aromatic nitrogens is 1. The fourth-order valence-electron chi connectivity index (χ4n) is 2.83. The number of carbonyl (C=O) groups excluding carboxylic acids is 1. The van der Waals surface area contributed by atoms with E-state index >= 15 is 0 Å². The van der Waals surface area contributed by atoms with Crippen molar-refractivity contribution >= 4 is 5.78 Å². The summed E-state index contributed by atoms with van der Waals surface area (Å²) in [7, 11) is 0. The third-order valence-corrected chi connectivity index (χ3v) is 4.08. The second-order valence-corrected chi connectivity index (χ2v) is 5.86. The van der Waals surface area contributed by atoms with E-state index in [4.69, 9.17) is 0 Å². The van der Waals surface area contributed by atoms with E-state index in [2.05, 4.69) is 17.1 Å². The SMILES string of the molecule is Cc1cc(CCc2ccccc2)[nH]c(=O)c1C(=O)c1ccccc1. The van der Waals surface area contributed by atoms with Crippen LogP contribution in [0.5, 0.6) is 0 Å². The molecule has 3 heteroatoms. The van der Waals surface area contributed by atoms with Crippen molar-refractivity contribution in [2.75, 3.05) is 0 Å². The summed E-state index contributed by atoms with van der Waals surface area (Å²) < 4.78 is 0. The van der Waals surface area contributed by atoms with Gasteiger partial charge < -0.3 is 4.98 Å². The molecule has 0 unspecified atom stereocenters. The van der Waals surface area contributed by atoms with Gasteiger partial charge in [-0.3, -0.25) is 9.59 Å². The van der Waals surface area contributed by atoms with Crippen LogP contribution in [-0.2, 0) is 12.8 Å². The molecule has 2 aromatic carbocycles. The molecule has 0 aliphatic rings. The Morgan fingerprint density at radius 1 is 0.917 bits per heavy atom. The molecule has 0 fully saturated rings. The highest BCUT2D eigenvalue weighted by molar-refractivity contribution is 6.09. The molecule has 0 bridgehead atoms. The minimum Gasteiger partial charge on any atom is -0.326 e. The Morgan fingerprint density at radius 2 is 1.54 bits per heavy atom. The largest absolute Gasteiger partial charge is 0.326 e. The number of nitrogens with one attached hydrogen (secondary N) is 1. The second-order valence-electron chi connectivity index (χ2n) is 5.86. The van der Waals surface area contributed by atoms with E-state index in [1.165, 1.54) is 5.56 Å². The topological polar surface area (TPSA) is 49.9 Å².